The fourth-order valence-corrected chi connectivity index (χ4v) is 2.15. The summed E-state index contributed by atoms with van der Waals surface area (Å²) in [4.78, 5) is 23.9. The summed E-state index contributed by atoms with van der Waals surface area (Å²) in [5, 5.41) is 0. The van der Waals surface area contributed by atoms with Crippen molar-refractivity contribution in [3.63, 3.8) is 0 Å². The quantitative estimate of drug-likeness (QED) is 0.664. The molecular formula is C16H16N2O4. The molecule has 2 aromatic rings. The number of rotatable bonds is 3. The Morgan fingerprint density at radius 2 is 1.14 bits per heavy atom. The van der Waals surface area contributed by atoms with E-state index in [9.17, 15) is 9.59 Å². The first-order valence-electron chi connectivity index (χ1n) is 6.44. The van der Waals surface area contributed by atoms with E-state index in [2.05, 4.69) is 0 Å². The van der Waals surface area contributed by atoms with Gasteiger partial charge in [0.1, 0.15) is 0 Å². The highest BCUT2D eigenvalue weighted by atomic mass is 16.5. The normalized spacial score (nSPS) is 10.1. The number of ether oxygens (including phenoxy) is 2. The molecule has 0 saturated heterocycles. The Balaban J connectivity index is 2.72. The predicted octanol–water partition coefficient (Wildman–Crippen LogP) is 2.09. The molecule has 0 aliphatic rings. The van der Waals surface area contributed by atoms with E-state index < -0.39 is 11.9 Å². The lowest BCUT2D eigenvalue weighted by Crippen LogP contribution is -2.08. The van der Waals surface area contributed by atoms with E-state index in [0.717, 1.165) is 0 Å². The van der Waals surface area contributed by atoms with Crippen molar-refractivity contribution < 1.29 is 19.1 Å². The van der Waals surface area contributed by atoms with Gasteiger partial charge in [0.15, 0.2) is 0 Å². The lowest BCUT2D eigenvalue weighted by molar-refractivity contribution is 0.0590. The first-order valence-corrected chi connectivity index (χ1v) is 6.44. The first-order chi connectivity index (χ1) is 10.5. The summed E-state index contributed by atoms with van der Waals surface area (Å²) >= 11 is 0. The Hall–Kier alpha value is -3.02. The zero-order valence-electron chi connectivity index (χ0n) is 12.3. The summed E-state index contributed by atoms with van der Waals surface area (Å²) in [6.07, 6.45) is 0. The van der Waals surface area contributed by atoms with Gasteiger partial charge in [-0.25, -0.2) is 9.59 Å². The minimum absolute atomic E-state index is 0.262. The monoisotopic (exact) mass is 300 g/mol. The molecule has 2 rings (SSSR count). The number of carbonyl (C=O) groups is 2. The van der Waals surface area contributed by atoms with Crippen molar-refractivity contribution in [3.05, 3.63) is 47.5 Å². The predicted molar refractivity (Wildman–Crippen MR) is 83.4 cm³/mol. The van der Waals surface area contributed by atoms with Crippen LogP contribution in [-0.2, 0) is 9.47 Å². The van der Waals surface area contributed by atoms with Gasteiger partial charge >= 0.3 is 11.9 Å². The third-order valence-electron chi connectivity index (χ3n) is 3.19. The molecule has 0 aliphatic heterocycles. The maximum atomic E-state index is 12.0. The summed E-state index contributed by atoms with van der Waals surface area (Å²) in [5.41, 5.74) is 13.8. The van der Waals surface area contributed by atoms with Gasteiger partial charge in [0, 0.05) is 11.4 Å². The van der Waals surface area contributed by atoms with Gasteiger partial charge in [0.05, 0.1) is 25.3 Å². The number of hydrogen-bond donors (Lipinski definition) is 2. The van der Waals surface area contributed by atoms with Crippen LogP contribution in [0.25, 0.3) is 11.1 Å². The number of carbonyl (C=O) groups excluding carboxylic acids is 2. The Kier molecular flexibility index (Phi) is 4.31. The van der Waals surface area contributed by atoms with Gasteiger partial charge in [-0.2, -0.15) is 0 Å². The minimum atomic E-state index is -0.546. The second kappa shape index (κ2) is 6.17. The van der Waals surface area contributed by atoms with E-state index in [1.165, 1.54) is 26.4 Å². The average molecular weight is 300 g/mol. The summed E-state index contributed by atoms with van der Waals surface area (Å²) < 4.78 is 9.54. The topological polar surface area (TPSA) is 105 Å². The van der Waals surface area contributed by atoms with Crippen molar-refractivity contribution in [2.45, 2.75) is 0 Å². The van der Waals surface area contributed by atoms with E-state index in [-0.39, 0.29) is 11.1 Å². The molecule has 2 aromatic carbocycles. The zero-order chi connectivity index (χ0) is 16.3. The standard InChI is InChI=1S/C16H16N2O4/c1-21-15(19)13-7-9(17)3-5-11(13)12-6-4-10(18)8-14(12)16(20)22-2/h3-8H,17-18H2,1-2H3. The number of benzene rings is 2. The fraction of sp³-hybridized carbons (Fsp3) is 0.125. The van der Waals surface area contributed by atoms with E-state index in [1.807, 2.05) is 0 Å². The lowest BCUT2D eigenvalue weighted by atomic mass is 9.94. The fourth-order valence-electron chi connectivity index (χ4n) is 2.15. The van der Waals surface area contributed by atoms with Crippen LogP contribution in [0.2, 0.25) is 0 Å². The molecular weight excluding hydrogens is 284 g/mol. The summed E-state index contributed by atoms with van der Waals surface area (Å²) in [5.74, 6) is -1.09. The summed E-state index contributed by atoms with van der Waals surface area (Å²) in [7, 11) is 2.55. The van der Waals surface area contributed by atoms with Gasteiger partial charge in [0.25, 0.3) is 0 Å². The molecule has 0 aliphatic carbocycles. The van der Waals surface area contributed by atoms with Crippen LogP contribution >= 0.6 is 0 Å². The van der Waals surface area contributed by atoms with Crippen molar-refractivity contribution in [1.82, 2.24) is 0 Å². The smallest absolute Gasteiger partial charge is 0.338 e. The number of anilines is 2. The highest BCUT2D eigenvalue weighted by molar-refractivity contribution is 6.04. The molecule has 0 saturated carbocycles. The largest absolute Gasteiger partial charge is 0.465 e. The Labute approximate surface area is 127 Å². The van der Waals surface area contributed by atoms with Crippen molar-refractivity contribution in [1.29, 1.82) is 0 Å². The highest BCUT2D eigenvalue weighted by Crippen LogP contribution is 2.31. The number of esters is 2. The molecule has 0 unspecified atom stereocenters. The molecule has 6 heteroatoms. The molecule has 22 heavy (non-hydrogen) atoms. The maximum Gasteiger partial charge on any atom is 0.338 e. The molecule has 0 radical (unpaired) electrons. The summed E-state index contributed by atoms with van der Waals surface area (Å²) in [6.45, 7) is 0. The van der Waals surface area contributed by atoms with Crippen LogP contribution in [-0.4, -0.2) is 26.2 Å². The Morgan fingerprint density at radius 1 is 0.773 bits per heavy atom. The lowest BCUT2D eigenvalue weighted by Gasteiger charge is -2.13. The van der Waals surface area contributed by atoms with Crippen LogP contribution in [0.1, 0.15) is 20.7 Å². The van der Waals surface area contributed by atoms with E-state index in [4.69, 9.17) is 20.9 Å². The van der Waals surface area contributed by atoms with E-state index in [0.29, 0.717) is 22.5 Å². The van der Waals surface area contributed by atoms with Gasteiger partial charge < -0.3 is 20.9 Å². The van der Waals surface area contributed by atoms with Crippen LogP contribution in [0.4, 0.5) is 11.4 Å². The highest BCUT2D eigenvalue weighted by Gasteiger charge is 2.19. The van der Waals surface area contributed by atoms with Crippen LogP contribution in [0, 0.1) is 0 Å². The second-order valence-electron chi connectivity index (χ2n) is 4.59. The SMILES string of the molecule is COC(=O)c1cc(N)ccc1-c1ccc(N)cc1C(=O)OC. The Morgan fingerprint density at radius 3 is 1.45 bits per heavy atom. The van der Waals surface area contributed by atoms with Crippen molar-refractivity contribution in [3.8, 4) is 11.1 Å². The number of nitrogens with two attached hydrogens (primary N) is 2. The second-order valence-corrected chi connectivity index (χ2v) is 4.59. The number of hydrogen-bond acceptors (Lipinski definition) is 6. The Bertz CT molecular complexity index is 677. The molecule has 0 fully saturated rings. The van der Waals surface area contributed by atoms with Gasteiger partial charge in [-0.15, -0.1) is 0 Å². The van der Waals surface area contributed by atoms with E-state index >= 15 is 0 Å². The molecule has 0 amide bonds. The molecule has 0 aromatic heterocycles. The number of nitrogen functional groups attached to an aromatic ring is 2. The third kappa shape index (κ3) is 2.85. The van der Waals surface area contributed by atoms with Crippen molar-refractivity contribution in [2.24, 2.45) is 0 Å². The van der Waals surface area contributed by atoms with Gasteiger partial charge in [0.2, 0.25) is 0 Å². The van der Waals surface area contributed by atoms with Crippen LogP contribution in [0.3, 0.4) is 0 Å². The molecule has 0 bridgehead atoms. The van der Waals surface area contributed by atoms with Gasteiger partial charge in [-0.05, 0) is 35.4 Å². The molecule has 114 valence electrons. The average Bonchev–Trinajstić information content (AvgIpc) is 2.53. The van der Waals surface area contributed by atoms with Crippen molar-refractivity contribution >= 4 is 23.3 Å². The minimum Gasteiger partial charge on any atom is -0.465 e. The molecule has 0 spiro atoms. The molecule has 6 nitrogen and oxygen atoms in total. The van der Waals surface area contributed by atoms with Gasteiger partial charge in [-0.3, -0.25) is 0 Å². The van der Waals surface area contributed by atoms with Crippen LogP contribution < -0.4 is 11.5 Å². The van der Waals surface area contributed by atoms with E-state index in [1.54, 1.807) is 24.3 Å². The first kappa shape index (κ1) is 15.4. The summed E-state index contributed by atoms with van der Waals surface area (Å²) in [6, 6.07) is 9.58. The third-order valence-corrected chi connectivity index (χ3v) is 3.19. The van der Waals surface area contributed by atoms with Gasteiger partial charge in [-0.1, -0.05) is 12.1 Å². The number of methoxy groups -OCH3 is 2. The zero-order valence-corrected chi connectivity index (χ0v) is 12.3. The van der Waals surface area contributed by atoms with Crippen molar-refractivity contribution in [2.75, 3.05) is 25.7 Å². The van der Waals surface area contributed by atoms with Crippen LogP contribution in [0.15, 0.2) is 36.4 Å². The van der Waals surface area contributed by atoms with Crippen LogP contribution in [0.5, 0.6) is 0 Å². The molecule has 0 atom stereocenters. The molecule has 4 N–H and O–H groups in total. The molecule has 0 heterocycles. The maximum absolute atomic E-state index is 12.0.